The maximum atomic E-state index is 12.4. The molecule has 3 rings (SSSR count). The van der Waals surface area contributed by atoms with Crippen LogP contribution in [0.1, 0.15) is 40.9 Å². The number of hydrogen-bond donors (Lipinski definition) is 1. The normalized spacial score (nSPS) is 14.7. The molecule has 0 aliphatic carbocycles. The highest BCUT2D eigenvalue weighted by molar-refractivity contribution is 6.07. The summed E-state index contributed by atoms with van der Waals surface area (Å²) in [5.41, 5.74) is 3.46. The second-order valence-corrected chi connectivity index (χ2v) is 7.04. The van der Waals surface area contributed by atoms with Crippen LogP contribution in [0.2, 0.25) is 0 Å². The van der Waals surface area contributed by atoms with E-state index in [4.69, 9.17) is 5.26 Å². The molecule has 26 heavy (non-hydrogen) atoms. The van der Waals surface area contributed by atoms with Gasteiger partial charge >= 0.3 is 0 Å². The van der Waals surface area contributed by atoms with Gasteiger partial charge in [-0.2, -0.15) is 5.26 Å². The highest BCUT2D eigenvalue weighted by atomic mass is 16.2. The minimum atomic E-state index is -0.527. The van der Waals surface area contributed by atoms with Crippen LogP contribution in [0.15, 0.2) is 42.5 Å². The van der Waals surface area contributed by atoms with Gasteiger partial charge in [-0.1, -0.05) is 18.2 Å². The molecule has 0 radical (unpaired) electrons. The van der Waals surface area contributed by atoms with Crippen molar-refractivity contribution >= 4 is 17.5 Å². The van der Waals surface area contributed by atoms with Crippen molar-refractivity contribution in [3.05, 3.63) is 64.7 Å². The van der Waals surface area contributed by atoms with Crippen LogP contribution in [0, 0.1) is 11.3 Å². The Morgan fingerprint density at radius 2 is 2.00 bits per heavy atom. The Kier molecular flexibility index (Phi) is 4.52. The number of rotatable bonds is 4. The van der Waals surface area contributed by atoms with Gasteiger partial charge in [-0.3, -0.25) is 9.59 Å². The minimum Gasteiger partial charge on any atom is -0.352 e. The van der Waals surface area contributed by atoms with E-state index < -0.39 is 5.41 Å². The molecule has 1 aliphatic rings. The number of amides is 2. The Balaban J connectivity index is 1.66. The Morgan fingerprint density at radius 3 is 2.73 bits per heavy atom. The predicted octanol–water partition coefficient (Wildman–Crippen LogP) is 2.78. The fourth-order valence-corrected chi connectivity index (χ4v) is 3.33. The molecular weight excluding hydrogens is 326 g/mol. The van der Waals surface area contributed by atoms with Gasteiger partial charge in [0.2, 0.25) is 5.91 Å². The van der Waals surface area contributed by atoms with Crippen molar-refractivity contribution in [2.75, 3.05) is 18.5 Å². The molecule has 0 bridgehead atoms. The highest BCUT2D eigenvalue weighted by Crippen LogP contribution is 2.41. The number of anilines is 1. The van der Waals surface area contributed by atoms with Gasteiger partial charge in [0.1, 0.15) is 0 Å². The zero-order valence-corrected chi connectivity index (χ0v) is 15.2. The van der Waals surface area contributed by atoms with Gasteiger partial charge in [-0.15, -0.1) is 0 Å². The number of hydrogen-bond acceptors (Lipinski definition) is 3. The smallest absolute Gasteiger partial charge is 0.251 e. The SMILES string of the molecule is CN1C(=O)C(C)(C)c2cc(CCNC(=O)c3cccc(C#N)c3)ccc21. The number of carbonyl (C=O) groups is 2. The standard InChI is InChI=1S/C21H21N3O2/c1-21(2)17-12-14(7-8-18(17)24(3)20(21)26)9-10-23-19(25)16-6-4-5-15(11-16)13-22/h4-8,11-12H,9-10H2,1-3H3,(H,23,25). The molecule has 1 N–H and O–H groups in total. The summed E-state index contributed by atoms with van der Waals surface area (Å²) in [7, 11) is 1.80. The second-order valence-electron chi connectivity index (χ2n) is 7.04. The Hall–Kier alpha value is -3.13. The third kappa shape index (κ3) is 3.06. The molecular formula is C21H21N3O2. The Bertz CT molecular complexity index is 925. The van der Waals surface area contributed by atoms with Gasteiger partial charge in [0.25, 0.3) is 5.91 Å². The Morgan fingerprint density at radius 1 is 1.23 bits per heavy atom. The average Bonchev–Trinajstić information content (AvgIpc) is 2.82. The molecule has 0 saturated heterocycles. The lowest BCUT2D eigenvalue weighted by Gasteiger charge is -2.16. The van der Waals surface area contributed by atoms with Gasteiger partial charge in [-0.25, -0.2) is 0 Å². The second kappa shape index (κ2) is 6.64. The molecule has 1 aliphatic heterocycles. The van der Waals surface area contributed by atoms with Crippen LogP contribution < -0.4 is 10.2 Å². The van der Waals surface area contributed by atoms with Crippen molar-refractivity contribution in [2.24, 2.45) is 0 Å². The fourth-order valence-electron chi connectivity index (χ4n) is 3.33. The van der Waals surface area contributed by atoms with Crippen molar-refractivity contribution in [2.45, 2.75) is 25.7 Å². The molecule has 1 heterocycles. The van der Waals surface area contributed by atoms with Crippen LogP contribution >= 0.6 is 0 Å². The van der Waals surface area contributed by atoms with Gasteiger partial charge < -0.3 is 10.2 Å². The van der Waals surface area contributed by atoms with Crippen LogP contribution in [0.4, 0.5) is 5.69 Å². The van der Waals surface area contributed by atoms with Crippen LogP contribution in [0.5, 0.6) is 0 Å². The van der Waals surface area contributed by atoms with Crippen molar-refractivity contribution in [3.63, 3.8) is 0 Å². The lowest BCUT2D eigenvalue weighted by Crippen LogP contribution is -2.33. The summed E-state index contributed by atoms with van der Waals surface area (Å²) < 4.78 is 0. The molecule has 2 aromatic rings. The van der Waals surface area contributed by atoms with Crippen molar-refractivity contribution < 1.29 is 9.59 Å². The van der Waals surface area contributed by atoms with Gasteiger partial charge in [0, 0.05) is 24.8 Å². The number of likely N-dealkylation sites (N-methyl/N-ethyl adjacent to an activating group) is 1. The molecule has 0 atom stereocenters. The largest absolute Gasteiger partial charge is 0.352 e. The molecule has 5 heteroatoms. The lowest BCUT2D eigenvalue weighted by atomic mass is 9.85. The molecule has 2 amide bonds. The van der Waals surface area contributed by atoms with E-state index in [1.165, 1.54) is 0 Å². The monoisotopic (exact) mass is 347 g/mol. The third-order valence-corrected chi connectivity index (χ3v) is 4.89. The molecule has 0 unspecified atom stereocenters. The molecule has 5 nitrogen and oxygen atoms in total. The number of carbonyl (C=O) groups excluding carboxylic acids is 2. The van der Waals surface area contributed by atoms with E-state index in [1.54, 1.807) is 36.2 Å². The maximum Gasteiger partial charge on any atom is 0.251 e. The number of nitrogens with one attached hydrogen (secondary N) is 1. The topological polar surface area (TPSA) is 73.2 Å². The molecule has 0 aromatic heterocycles. The van der Waals surface area contributed by atoms with Crippen LogP contribution in [0.25, 0.3) is 0 Å². The Labute approximate surface area is 153 Å². The summed E-state index contributed by atoms with van der Waals surface area (Å²) in [6.07, 6.45) is 0.672. The maximum absolute atomic E-state index is 12.4. The first-order valence-electron chi connectivity index (χ1n) is 8.54. The van der Waals surface area contributed by atoms with E-state index >= 15 is 0 Å². The first kappa shape index (κ1) is 17.7. The van der Waals surface area contributed by atoms with E-state index in [1.807, 2.05) is 32.0 Å². The van der Waals surface area contributed by atoms with Crippen LogP contribution in [-0.2, 0) is 16.6 Å². The lowest BCUT2D eigenvalue weighted by molar-refractivity contribution is -0.121. The number of nitriles is 1. The van der Waals surface area contributed by atoms with Crippen LogP contribution in [-0.4, -0.2) is 25.4 Å². The first-order chi connectivity index (χ1) is 12.3. The molecule has 0 spiro atoms. The van der Waals surface area contributed by atoms with E-state index in [-0.39, 0.29) is 11.8 Å². The average molecular weight is 347 g/mol. The summed E-state index contributed by atoms with van der Waals surface area (Å²) in [6.45, 7) is 4.36. The van der Waals surface area contributed by atoms with Crippen molar-refractivity contribution in [1.82, 2.24) is 5.32 Å². The number of nitrogens with zero attached hydrogens (tertiary/aromatic N) is 2. The van der Waals surface area contributed by atoms with E-state index in [0.29, 0.717) is 24.1 Å². The third-order valence-electron chi connectivity index (χ3n) is 4.89. The minimum absolute atomic E-state index is 0.0929. The van der Waals surface area contributed by atoms with E-state index in [9.17, 15) is 9.59 Å². The zero-order chi connectivity index (χ0) is 18.9. The van der Waals surface area contributed by atoms with Crippen molar-refractivity contribution in [3.8, 4) is 6.07 Å². The fraction of sp³-hybridized carbons (Fsp3) is 0.286. The highest BCUT2D eigenvalue weighted by Gasteiger charge is 2.42. The molecule has 132 valence electrons. The predicted molar refractivity (Wildman–Crippen MR) is 100 cm³/mol. The number of benzene rings is 2. The molecule has 2 aromatic carbocycles. The van der Waals surface area contributed by atoms with Gasteiger partial charge in [0.05, 0.1) is 17.0 Å². The van der Waals surface area contributed by atoms with E-state index in [2.05, 4.69) is 11.4 Å². The summed E-state index contributed by atoms with van der Waals surface area (Å²) in [5, 5.41) is 11.8. The summed E-state index contributed by atoms with van der Waals surface area (Å²) in [5.74, 6) is -0.103. The van der Waals surface area contributed by atoms with Gasteiger partial charge in [-0.05, 0) is 55.7 Å². The zero-order valence-electron chi connectivity index (χ0n) is 15.2. The van der Waals surface area contributed by atoms with Crippen LogP contribution in [0.3, 0.4) is 0 Å². The molecule has 0 fully saturated rings. The summed E-state index contributed by atoms with van der Waals surface area (Å²) in [4.78, 5) is 26.3. The summed E-state index contributed by atoms with van der Waals surface area (Å²) >= 11 is 0. The first-order valence-corrected chi connectivity index (χ1v) is 8.54. The molecule has 0 saturated carbocycles. The summed E-state index contributed by atoms with van der Waals surface area (Å²) in [6, 6.07) is 14.7. The van der Waals surface area contributed by atoms with Gasteiger partial charge in [0.15, 0.2) is 0 Å². The quantitative estimate of drug-likeness (QED) is 0.924. The van der Waals surface area contributed by atoms with E-state index in [0.717, 1.165) is 16.8 Å². The van der Waals surface area contributed by atoms with Crippen molar-refractivity contribution in [1.29, 1.82) is 5.26 Å². The number of fused-ring (bicyclic) bond motifs is 1.